The average Bonchev–Trinajstić information content (AvgIpc) is 2.34. The van der Waals surface area contributed by atoms with Gasteiger partial charge < -0.3 is 15.7 Å². The van der Waals surface area contributed by atoms with Crippen LogP contribution in [0.1, 0.15) is 45.4 Å². The quantitative estimate of drug-likeness (QED) is 0.687. The lowest BCUT2D eigenvalue weighted by molar-refractivity contribution is -0.139. The highest BCUT2D eigenvalue weighted by Gasteiger charge is 2.18. The van der Waals surface area contributed by atoms with Crippen molar-refractivity contribution >= 4 is 12.0 Å². The second-order valence-electron chi connectivity index (χ2n) is 4.66. The zero-order valence-electron chi connectivity index (χ0n) is 10.4. The van der Waals surface area contributed by atoms with E-state index in [-0.39, 0.29) is 6.03 Å². The maximum atomic E-state index is 11.5. The lowest BCUT2D eigenvalue weighted by Crippen LogP contribution is -2.46. The van der Waals surface area contributed by atoms with Crippen molar-refractivity contribution in [2.24, 2.45) is 5.92 Å². The van der Waals surface area contributed by atoms with Gasteiger partial charge in [-0.15, -0.1) is 0 Å². The molecule has 0 aromatic rings. The van der Waals surface area contributed by atoms with Gasteiger partial charge in [0, 0.05) is 6.54 Å². The van der Waals surface area contributed by atoms with Crippen molar-refractivity contribution in [2.45, 2.75) is 51.5 Å². The molecule has 0 aromatic heterocycles. The fourth-order valence-electron chi connectivity index (χ4n) is 2.18. The Balaban J connectivity index is 2.21. The van der Waals surface area contributed by atoms with Gasteiger partial charge in [0.2, 0.25) is 0 Å². The maximum absolute atomic E-state index is 11.5. The number of amides is 2. The smallest absolute Gasteiger partial charge is 0.326 e. The van der Waals surface area contributed by atoms with Gasteiger partial charge >= 0.3 is 12.0 Å². The molecular formula is C12H22N2O3. The van der Waals surface area contributed by atoms with Crippen molar-refractivity contribution in [3.05, 3.63) is 0 Å². The lowest BCUT2D eigenvalue weighted by atomic mass is 9.89. The van der Waals surface area contributed by atoms with Crippen molar-refractivity contribution in [3.63, 3.8) is 0 Å². The summed E-state index contributed by atoms with van der Waals surface area (Å²) in [5, 5.41) is 14.0. The number of carbonyl (C=O) groups excluding carboxylic acids is 1. The Bertz CT molecular complexity index is 262. The predicted octanol–water partition coefficient (Wildman–Crippen LogP) is 1.73. The molecule has 3 N–H and O–H groups in total. The number of carboxylic acid groups (broad SMARTS) is 1. The Hall–Kier alpha value is -1.26. The zero-order valence-corrected chi connectivity index (χ0v) is 10.4. The third-order valence-corrected chi connectivity index (χ3v) is 3.29. The summed E-state index contributed by atoms with van der Waals surface area (Å²) in [5.41, 5.74) is 0. The molecule has 0 unspecified atom stereocenters. The van der Waals surface area contributed by atoms with Crippen molar-refractivity contribution in [1.82, 2.24) is 10.6 Å². The fraction of sp³-hybridized carbons (Fsp3) is 0.833. The molecule has 0 saturated heterocycles. The van der Waals surface area contributed by atoms with E-state index in [1.807, 2.05) is 0 Å². The third kappa shape index (κ3) is 5.06. The molecule has 1 aliphatic rings. The minimum atomic E-state index is -0.986. The van der Waals surface area contributed by atoms with E-state index < -0.39 is 12.0 Å². The highest BCUT2D eigenvalue weighted by atomic mass is 16.4. The van der Waals surface area contributed by atoms with Crippen LogP contribution < -0.4 is 10.6 Å². The topological polar surface area (TPSA) is 78.4 Å². The Morgan fingerprint density at radius 2 is 1.94 bits per heavy atom. The minimum Gasteiger partial charge on any atom is -0.480 e. The van der Waals surface area contributed by atoms with Crippen molar-refractivity contribution in [1.29, 1.82) is 0 Å². The molecule has 17 heavy (non-hydrogen) atoms. The average molecular weight is 242 g/mol. The van der Waals surface area contributed by atoms with Gasteiger partial charge in [0.25, 0.3) is 0 Å². The maximum Gasteiger partial charge on any atom is 0.326 e. The number of nitrogens with one attached hydrogen (secondary N) is 2. The molecule has 1 saturated carbocycles. The van der Waals surface area contributed by atoms with Gasteiger partial charge in [-0.25, -0.2) is 9.59 Å². The molecule has 1 fully saturated rings. The molecule has 2 amide bonds. The van der Waals surface area contributed by atoms with E-state index in [0.717, 1.165) is 12.8 Å². The first kappa shape index (κ1) is 13.8. The van der Waals surface area contributed by atoms with Crippen LogP contribution in [-0.2, 0) is 4.79 Å². The van der Waals surface area contributed by atoms with Crippen LogP contribution in [0.3, 0.4) is 0 Å². The van der Waals surface area contributed by atoms with Gasteiger partial charge in [0.1, 0.15) is 6.04 Å². The van der Waals surface area contributed by atoms with Gasteiger partial charge in [0.15, 0.2) is 0 Å². The monoisotopic (exact) mass is 242 g/mol. The van der Waals surface area contributed by atoms with Crippen molar-refractivity contribution in [2.75, 3.05) is 6.54 Å². The van der Waals surface area contributed by atoms with E-state index in [1.54, 1.807) is 6.92 Å². The lowest BCUT2D eigenvalue weighted by Gasteiger charge is -2.22. The molecule has 0 heterocycles. The summed E-state index contributed by atoms with van der Waals surface area (Å²) in [5.74, 6) is -0.431. The number of aliphatic carboxylic acids is 1. The molecular weight excluding hydrogens is 220 g/mol. The summed E-state index contributed by atoms with van der Waals surface area (Å²) in [4.78, 5) is 22.2. The molecule has 0 bridgehead atoms. The molecule has 5 nitrogen and oxygen atoms in total. The van der Waals surface area contributed by atoms with Gasteiger partial charge in [-0.1, -0.05) is 26.2 Å². The largest absolute Gasteiger partial charge is 0.480 e. The number of hydrogen-bond acceptors (Lipinski definition) is 2. The van der Waals surface area contributed by atoms with E-state index in [9.17, 15) is 9.59 Å². The van der Waals surface area contributed by atoms with E-state index in [2.05, 4.69) is 10.6 Å². The van der Waals surface area contributed by atoms with Crippen LogP contribution in [0.4, 0.5) is 4.79 Å². The first-order valence-corrected chi connectivity index (χ1v) is 6.40. The summed E-state index contributed by atoms with van der Waals surface area (Å²) in [7, 11) is 0. The first-order valence-electron chi connectivity index (χ1n) is 6.40. The van der Waals surface area contributed by atoms with Crippen LogP contribution in [0.5, 0.6) is 0 Å². The van der Waals surface area contributed by atoms with E-state index in [4.69, 9.17) is 5.11 Å². The number of hydrogen-bond donors (Lipinski definition) is 3. The molecule has 1 atom stereocenters. The van der Waals surface area contributed by atoms with Crippen LogP contribution in [-0.4, -0.2) is 29.7 Å². The number of rotatable bonds is 5. The Kier molecular flexibility index (Phi) is 5.80. The normalized spacial score (nSPS) is 18.4. The molecule has 0 spiro atoms. The first-order chi connectivity index (χ1) is 8.13. The van der Waals surface area contributed by atoms with Crippen LogP contribution in [0.2, 0.25) is 0 Å². The van der Waals surface area contributed by atoms with E-state index >= 15 is 0 Å². The second-order valence-corrected chi connectivity index (χ2v) is 4.66. The highest BCUT2D eigenvalue weighted by molar-refractivity contribution is 5.82. The fourth-order valence-corrected chi connectivity index (χ4v) is 2.18. The van der Waals surface area contributed by atoms with Gasteiger partial charge in [-0.05, 0) is 25.2 Å². The standard InChI is InChI=1S/C12H22N2O3/c1-2-10(11(15)16)14-12(17)13-8-9-6-4-3-5-7-9/h9-10H,2-8H2,1H3,(H,15,16)(H2,13,14,17)/t10-/m1/s1. The molecule has 0 aromatic carbocycles. The van der Waals surface area contributed by atoms with Crippen LogP contribution in [0.15, 0.2) is 0 Å². The number of urea groups is 1. The van der Waals surface area contributed by atoms with Crippen LogP contribution in [0, 0.1) is 5.92 Å². The summed E-state index contributed by atoms with van der Waals surface area (Å²) < 4.78 is 0. The summed E-state index contributed by atoms with van der Waals surface area (Å²) in [6.45, 7) is 2.39. The number of carbonyl (C=O) groups is 2. The van der Waals surface area contributed by atoms with Crippen LogP contribution >= 0.6 is 0 Å². The van der Waals surface area contributed by atoms with Gasteiger partial charge in [0.05, 0.1) is 0 Å². The molecule has 0 aliphatic heterocycles. The van der Waals surface area contributed by atoms with Gasteiger partial charge in [-0.3, -0.25) is 0 Å². The summed E-state index contributed by atoms with van der Waals surface area (Å²) in [6, 6.07) is -1.16. The zero-order chi connectivity index (χ0) is 12.7. The van der Waals surface area contributed by atoms with Crippen LogP contribution in [0.25, 0.3) is 0 Å². The summed E-state index contributed by atoms with van der Waals surface area (Å²) >= 11 is 0. The second kappa shape index (κ2) is 7.14. The highest BCUT2D eigenvalue weighted by Crippen LogP contribution is 2.22. The van der Waals surface area contributed by atoms with E-state index in [1.165, 1.54) is 19.3 Å². The number of carboxylic acids is 1. The Labute approximate surface area is 102 Å². The molecule has 1 aliphatic carbocycles. The summed E-state index contributed by atoms with van der Waals surface area (Å²) in [6.07, 6.45) is 6.49. The minimum absolute atomic E-state index is 0.371. The molecule has 0 radical (unpaired) electrons. The molecule has 1 rings (SSSR count). The van der Waals surface area contributed by atoms with Crippen molar-refractivity contribution in [3.8, 4) is 0 Å². The van der Waals surface area contributed by atoms with Gasteiger partial charge in [-0.2, -0.15) is 0 Å². The Morgan fingerprint density at radius 3 is 2.47 bits per heavy atom. The molecule has 5 heteroatoms. The SMILES string of the molecule is CC[C@@H](NC(=O)NCC1CCCCC1)C(=O)O. The third-order valence-electron chi connectivity index (χ3n) is 3.29. The Morgan fingerprint density at radius 1 is 1.29 bits per heavy atom. The predicted molar refractivity (Wildman–Crippen MR) is 64.8 cm³/mol. The van der Waals surface area contributed by atoms with Crippen molar-refractivity contribution < 1.29 is 14.7 Å². The van der Waals surface area contributed by atoms with E-state index in [0.29, 0.717) is 18.9 Å². The molecule has 98 valence electrons.